The van der Waals surface area contributed by atoms with Gasteiger partial charge in [-0.25, -0.2) is 9.97 Å². The van der Waals surface area contributed by atoms with E-state index in [-0.39, 0.29) is 5.91 Å². The predicted octanol–water partition coefficient (Wildman–Crippen LogP) is 2.61. The highest BCUT2D eigenvalue weighted by molar-refractivity contribution is 6.04. The highest BCUT2D eigenvalue weighted by Crippen LogP contribution is 2.23. The number of nitrogens with one attached hydrogen (secondary N) is 2. The van der Waals surface area contributed by atoms with Crippen molar-refractivity contribution in [3.8, 4) is 0 Å². The number of hydrogen-bond donors (Lipinski definition) is 2. The van der Waals surface area contributed by atoms with E-state index in [1.165, 1.54) is 5.56 Å². The van der Waals surface area contributed by atoms with Gasteiger partial charge in [-0.1, -0.05) is 6.92 Å². The molecule has 1 aliphatic rings. The Morgan fingerprint density at radius 3 is 2.96 bits per heavy atom. The SMILES string of the molecule is CCc1c[nH]c2ccc(NC(=O)c3ccnc(N4CCOCC4)n3)cc12. The second kappa shape index (κ2) is 7.13. The summed E-state index contributed by atoms with van der Waals surface area (Å²) in [6.07, 6.45) is 4.57. The van der Waals surface area contributed by atoms with E-state index in [9.17, 15) is 4.79 Å². The summed E-state index contributed by atoms with van der Waals surface area (Å²) in [5, 5.41) is 4.06. The fourth-order valence-electron chi connectivity index (χ4n) is 3.13. The van der Waals surface area contributed by atoms with Crippen molar-refractivity contribution in [2.75, 3.05) is 36.5 Å². The molecular weight excluding hydrogens is 330 g/mol. The number of fused-ring (bicyclic) bond motifs is 1. The molecule has 134 valence electrons. The quantitative estimate of drug-likeness (QED) is 0.755. The van der Waals surface area contributed by atoms with Gasteiger partial charge in [0.25, 0.3) is 5.91 Å². The molecule has 1 saturated heterocycles. The van der Waals surface area contributed by atoms with Crippen LogP contribution in [0.3, 0.4) is 0 Å². The lowest BCUT2D eigenvalue weighted by molar-refractivity contribution is 0.102. The van der Waals surface area contributed by atoms with Gasteiger partial charge in [-0.05, 0) is 36.2 Å². The lowest BCUT2D eigenvalue weighted by atomic mass is 10.1. The number of H-pyrrole nitrogens is 1. The maximum absolute atomic E-state index is 12.6. The van der Waals surface area contributed by atoms with Crippen molar-refractivity contribution in [3.63, 3.8) is 0 Å². The molecule has 1 fully saturated rings. The molecule has 1 aliphatic heterocycles. The van der Waals surface area contributed by atoms with Crippen molar-refractivity contribution in [2.24, 2.45) is 0 Å². The van der Waals surface area contributed by atoms with E-state index in [4.69, 9.17) is 4.74 Å². The van der Waals surface area contributed by atoms with Crippen molar-refractivity contribution in [1.29, 1.82) is 0 Å². The van der Waals surface area contributed by atoms with Gasteiger partial charge in [0.1, 0.15) is 5.69 Å². The van der Waals surface area contributed by atoms with Gasteiger partial charge in [0.05, 0.1) is 13.2 Å². The molecule has 0 saturated carbocycles. The molecule has 1 amide bonds. The Balaban J connectivity index is 1.54. The number of ether oxygens (including phenoxy) is 1. The maximum atomic E-state index is 12.6. The molecule has 0 atom stereocenters. The summed E-state index contributed by atoms with van der Waals surface area (Å²) < 4.78 is 5.35. The number of aryl methyl sites for hydroxylation is 1. The summed E-state index contributed by atoms with van der Waals surface area (Å²) in [5.74, 6) is 0.324. The van der Waals surface area contributed by atoms with Gasteiger partial charge in [-0.3, -0.25) is 4.79 Å². The molecule has 0 radical (unpaired) electrons. The van der Waals surface area contributed by atoms with Crippen LogP contribution in [0.5, 0.6) is 0 Å². The molecule has 3 heterocycles. The third-order valence-corrected chi connectivity index (χ3v) is 4.58. The number of amides is 1. The number of rotatable bonds is 4. The fourth-order valence-corrected chi connectivity index (χ4v) is 3.13. The molecule has 7 heteroatoms. The molecule has 26 heavy (non-hydrogen) atoms. The first-order valence-corrected chi connectivity index (χ1v) is 8.81. The van der Waals surface area contributed by atoms with Crippen molar-refractivity contribution in [1.82, 2.24) is 15.0 Å². The standard InChI is InChI=1S/C19H21N5O2/c1-2-13-12-21-16-4-3-14(11-15(13)16)22-18(25)17-5-6-20-19(23-17)24-7-9-26-10-8-24/h3-6,11-12,21H,2,7-10H2,1H3,(H,22,25). The van der Waals surface area contributed by atoms with Crippen LogP contribution in [0.1, 0.15) is 23.0 Å². The van der Waals surface area contributed by atoms with E-state index in [0.717, 1.165) is 36.1 Å². The summed E-state index contributed by atoms with van der Waals surface area (Å²) in [4.78, 5) is 26.6. The number of morpholine rings is 1. The summed E-state index contributed by atoms with van der Waals surface area (Å²) in [5.41, 5.74) is 3.40. The fraction of sp³-hybridized carbons (Fsp3) is 0.316. The summed E-state index contributed by atoms with van der Waals surface area (Å²) in [7, 11) is 0. The molecule has 0 spiro atoms. The van der Waals surface area contributed by atoms with Gasteiger partial charge in [-0.2, -0.15) is 0 Å². The minimum Gasteiger partial charge on any atom is -0.378 e. The Morgan fingerprint density at radius 1 is 1.31 bits per heavy atom. The number of hydrogen-bond acceptors (Lipinski definition) is 5. The zero-order valence-electron chi connectivity index (χ0n) is 14.7. The molecular formula is C19H21N5O2. The molecule has 7 nitrogen and oxygen atoms in total. The smallest absolute Gasteiger partial charge is 0.274 e. The predicted molar refractivity (Wildman–Crippen MR) is 101 cm³/mol. The Kier molecular flexibility index (Phi) is 4.53. The van der Waals surface area contributed by atoms with E-state index >= 15 is 0 Å². The molecule has 4 rings (SSSR count). The minimum absolute atomic E-state index is 0.241. The number of carbonyl (C=O) groups is 1. The number of benzene rings is 1. The summed E-state index contributed by atoms with van der Waals surface area (Å²) in [6, 6.07) is 7.49. The second-order valence-corrected chi connectivity index (χ2v) is 6.22. The number of aromatic amines is 1. The van der Waals surface area contributed by atoms with Crippen LogP contribution in [-0.4, -0.2) is 47.2 Å². The lowest BCUT2D eigenvalue weighted by Gasteiger charge is -2.26. The van der Waals surface area contributed by atoms with Crippen LogP contribution in [0.4, 0.5) is 11.6 Å². The topological polar surface area (TPSA) is 83.1 Å². The first kappa shape index (κ1) is 16.5. The van der Waals surface area contributed by atoms with Crippen molar-refractivity contribution < 1.29 is 9.53 Å². The van der Waals surface area contributed by atoms with Crippen LogP contribution in [0.15, 0.2) is 36.7 Å². The molecule has 0 bridgehead atoms. The number of aromatic nitrogens is 3. The van der Waals surface area contributed by atoms with Crippen molar-refractivity contribution in [2.45, 2.75) is 13.3 Å². The molecule has 2 N–H and O–H groups in total. The summed E-state index contributed by atoms with van der Waals surface area (Å²) >= 11 is 0. The van der Waals surface area contributed by atoms with E-state index in [0.29, 0.717) is 24.9 Å². The van der Waals surface area contributed by atoms with Crippen molar-refractivity contribution >= 4 is 28.4 Å². The first-order valence-electron chi connectivity index (χ1n) is 8.81. The Labute approximate surface area is 151 Å². The van der Waals surface area contributed by atoms with Crippen LogP contribution >= 0.6 is 0 Å². The van der Waals surface area contributed by atoms with Crippen LogP contribution in [0.2, 0.25) is 0 Å². The molecule has 2 aromatic heterocycles. The monoisotopic (exact) mass is 351 g/mol. The maximum Gasteiger partial charge on any atom is 0.274 e. The Morgan fingerprint density at radius 2 is 2.15 bits per heavy atom. The van der Waals surface area contributed by atoms with Gasteiger partial charge in [0.15, 0.2) is 0 Å². The largest absolute Gasteiger partial charge is 0.378 e. The second-order valence-electron chi connectivity index (χ2n) is 6.22. The van der Waals surface area contributed by atoms with Crippen molar-refractivity contribution in [3.05, 3.63) is 47.9 Å². The van der Waals surface area contributed by atoms with Gasteiger partial charge < -0.3 is 19.9 Å². The van der Waals surface area contributed by atoms with E-state index < -0.39 is 0 Å². The highest BCUT2D eigenvalue weighted by atomic mass is 16.5. The van der Waals surface area contributed by atoms with E-state index in [2.05, 4.69) is 27.2 Å². The average molecular weight is 351 g/mol. The Hall–Kier alpha value is -2.93. The van der Waals surface area contributed by atoms with Gasteiger partial charge >= 0.3 is 0 Å². The van der Waals surface area contributed by atoms with Crippen LogP contribution in [0.25, 0.3) is 10.9 Å². The molecule has 1 aromatic carbocycles. The number of anilines is 2. The zero-order valence-corrected chi connectivity index (χ0v) is 14.7. The average Bonchev–Trinajstić information content (AvgIpc) is 3.11. The zero-order chi connectivity index (χ0) is 17.9. The Bertz CT molecular complexity index is 931. The number of nitrogens with zero attached hydrogens (tertiary/aromatic N) is 3. The van der Waals surface area contributed by atoms with Gasteiger partial charge in [0, 0.05) is 42.1 Å². The normalized spacial score (nSPS) is 14.6. The third kappa shape index (κ3) is 3.25. The molecule has 3 aromatic rings. The molecule has 0 aliphatic carbocycles. The van der Waals surface area contributed by atoms with Crippen LogP contribution < -0.4 is 10.2 Å². The third-order valence-electron chi connectivity index (χ3n) is 4.58. The first-order chi connectivity index (χ1) is 12.7. The molecule has 0 unspecified atom stereocenters. The van der Waals surface area contributed by atoms with Crippen LogP contribution in [-0.2, 0) is 11.2 Å². The van der Waals surface area contributed by atoms with Gasteiger partial charge in [-0.15, -0.1) is 0 Å². The highest BCUT2D eigenvalue weighted by Gasteiger charge is 2.16. The van der Waals surface area contributed by atoms with Crippen LogP contribution in [0, 0.1) is 0 Å². The lowest BCUT2D eigenvalue weighted by Crippen LogP contribution is -2.37. The van der Waals surface area contributed by atoms with E-state index in [1.807, 2.05) is 29.3 Å². The van der Waals surface area contributed by atoms with Gasteiger partial charge in [0.2, 0.25) is 5.95 Å². The number of carbonyl (C=O) groups excluding carboxylic acids is 1. The minimum atomic E-state index is -0.241. The summed E-state index contributed by atoms with van der Waals surface area (Å²) in [6.45, 7) is 4.87. The van der Waals surface area contributed by atoms with E-state index in [1.54, 1.807) is 12.3 Å².